The monoisotopic (exact) mass is 240 g/mol. The molecule has 0 fully saturated rings. The minimum atomic E-state index is -0.445. The Balaban J connectivity index is 2.36. The Kier molecular flexibility index (Phi) is 3.24. The number of rotatable bonds is 3. The summed E-state index contributed by atoms with van der Waals surface area (Å²) >= 11 is 0. The van der Waals surface area contributed by atoms with Crippen LogP contribution in [-0.2, 0) is 4.79 Å². The summed E-state index contributed by atoms with van der Waals surface area (Å²) in [6, 6.07) is 10.6. The molecule has 0 saturated carbocycles. The molecule has 2 aromatic carbocycles. The Hall–Kier alpha value is -2.42. The van der Waals surface area contributed by atoms with E-state index in [1.54, 1.807) is 31.2 Å². The van der Waals surface area contributed by atoms with E-state index < -0.39 is 5.97 Å². The lowest BCUT2D eigenvalue weighted by Crippen LogP contribution is -2.07. The van der Waals surface area contributed by atoms with Crippen molar-refractivity contribution in [3.8, 4) is 5.75 Å². The molecule has 0 spiro atoms. The van der Waals surface area contributed by atoms with Crippen LogP contribution in [0, 0.1) is 0 Å². The molecule has 0 amide bonds. The van der Waals surface area contributed by atoms with Crippen LogP contribution in [0.3, 0.4) is 0 Å². The van der Waals surface area contributed by atoms with Gasteiger partial charge in [0, 0.05) is 11.1 Å². The predicted molar refractivity (Wildman–Crippen MR) is 69.8 cm³/mol. The van der Waals surface area contributed by atoms with E-state index in [1.165, 1.54) is 0 Å². The molecule has 3 nitrogen and oxygen atoms in total. The highest BCUT2D eigenvalue weighted by Crippen LogP contribution is 2.22. The second-order valence-corrected chi connectivity index (χ2v) is 4.06. The summed E-state index contributed by atoms with van der Waals surface area (Å²) in [6.45, 7) is 5.12. The van der Waals surface area contributed by atoms with Crippen LogP contribution in [0.2, 0.25) is 0 Å². The van der Waals surface area contributed by atoms with Crippen molar-refractivity contribution in [2.75, 3.05) is 0 Å². The molecule has 2 aromatic rings. The van der Waals surface area contributed by atoms with Gasteiger partial charge in [-0.1, -0.05) is 24.8 Å². The van der Waals surface area contributed by atoms with Crippen LogP contribution >= 0.6 is 0 Å². The molecule has 0 aliphatic heterocycles. The largest absolute Gasteiger partial charge is 0.423 e. The van der Waals surface area contributed by atoms with Gasteiger partial charge in [-0.15, -0.1) is 0 Å². The zero-order chi connectivity index (χ0) is 13.1. The topological polar surface area (TPSA) is 43.4 Å². The molecule has 0 heterocycles. The summed E-state index contributed by atoms with van der Waals surface area (Å²) < 4.78 is 5.13. The summed E-state index contributed by atoms with van der Waals surface area (Å²) in [4.78, 5) is 22.0. The molecular weight excluding hydrogens is 228 g/mol. The minimum Gasteiger partial charge on any atom is -0.423 e. The van der Waals surface area contributed by atoms with Crippen LogP contribution in [0.4, 0.5) is 0 Å². The van der Waals surface area contributed by atoms with Gasteiger partial charge in [0.05, 0.1) is 0 Å². The maximum Gasteiger partial charge on any atom is 0.338 e. The molecule has 0 atom stereocenters. The number of hydrogen-bond donors (Lipinski definition) is 0. The van der Waals surface area contributed by atoms with Gasteiger partial charge in [0.2, 0.25) is 0 Å². The smallest absolute Gasteiger partial charge is 0.338 e. The zero-order valence-electron chi connectivity index (χ0n) is 9.97. The van der Waals surface area contributed by atoms with Crippen molar-refractivity contribution >= 4 is 23.0 Å². The Morgan fingerprint density at radius 1 is 1.17 bits per heavy atom. The first-order valence-corrected chi connectivity index (χ1v) is 5.47. The highest BCUT2D eigenvalue weighted by Gasteiger charge is 2.06. The molecule has 90 valence electrons. The van der Waals surface area contributed by atoms with Crippen molar-refractivity contribution < 1.29 is 14.3 Å². The molecule has 0 radical (unpaired) electrons. The van der Waals surface area contributed by atoms with Gasteiger partial charge in [0.25, 0.3) is 0 Å². The van der Waals surface area contributed by atoms with Gasteiger partial charge in [-0.25, -0.2) is 4.79 Å². The number of ether oxygens (including phenoxy) is 1. The summed E-state index contributed by atoms with van der Waals surface area (Å²) in [5.41, 5.74) is 0.973. The van der Waals surface area contributed by atoms with Crippen LogP contribution in [0.5, 0.6) is 5.75 Å². The van der Waals surface area contributed by atoms with Crippen molar-refractivity contribution in [1.29, 1.82) is 0 Å². The molecule has 3 heteroatoms. The molecule has 0 unspecified atom stereocenters. The number of benzene rings is 2. The number of carbonyl (C=O) groups excluding carboxylic acids is 2. The molecule has 0 aliphatic rings. The average Bonchev–Trinajstić information content (AvgIpc) is 2.37. The van der Waals surface area contributed by atoms with E-state index in [1.807, 2.05) is 12.1 Å². The van der Waals surface area contributed by atoms with E-state index in [0.717, 1.165) is 17.1 Å². The Labute approximate surface area is 105 Å². The van der Waals surface area contributed by atoms with E-state index in [9.17, 15) is 9.59 Å². The number of carbonyl (C=O) groups is 2. The summed E-state index contributed by atoms with van der Waals surface area (Å²) in [5, 5.41) is 1.84. The van der Waals surface area contributed by atoms with Crippen LogP contribution < -0.4 is 4.74 Å². The highest BCUT2D eigenvalue weighted by molar-refractivity contribution is 5.92. The van der Waals surface area contributed by atoms with Gasteiger partial charge in [-0.2, -0.15) is 0 Å². The van der Waals surface area contributed by atoms with Gasteiger partial charge in [-0.05, 0) is 35.9 Å². The fourth-order valence-electron chi connectivity index (χ4n) is 1.57. The van der Waals surface area contributed by atoms with Gasteiger partial charge in [0.1, 0.15) is 12.0 Å². The van der Waals surface area contributed by atoms with Crippen LogP contribution in [0.1, 0.15) is 17.3 Å². The summed E-state index contributed by atoms with van der Waals surface area (Å²) in [5.74, 6) is 0.0215. The lowest BCUT2D eigenvalue weighted by Gasteiger charge is -2.05. The zero-order valence-corrected chi connectivity index (χ0v) is 9.97. The first-order chi connectivity index (χ1) is 8.60. The average molecular weight is 240 g/mol. The van der Waals surface area contributed by atoms with E-state index in [0.29, 0.717) is 16.9 Å². The van der Waals surface area contributed by atoms with E-state index in [-0.39, 0.29) is 0 Å². The van der Waals surface area contributed by atoms with Crippen molar-refractivity contribution in [1.82, 2.24) is 0 Å². The molecule has 0 aliphatic carbocycles. The van der Waals surface area contributed by atoms with Crippen molar-refractivity contribution in [2.24, 2.45) is 0 Å². The van der Waals surface area contributed by atoms with Gasteiger partial charge < -0.3 is 4.74 Å². The van der Waals surface area contributed by atoms with Crippen LogP contribution in [0.15, 0.2) is 48.6 Å². The third-order valence-electron chi connectivity index (χ3n) is 2.53. The number of aldehydes is 1. The Bertz CT molecular complexity index is 641. The third kappa shape index (κ3) is 2.46. The standard InChI is InChI=1S/C15H12O3/c1-10(2)15(17)18-14-6-5-12-7-11(9-16)3-4-13(12)8-14/h3-9H,1H2,2H3. The number of hydrogen-bond acceptors (Lipinski definition) is 3. The second kappa shape index (κ2) is 4.84. The normalized spacial score (nSPS) is 10.1. The maximum atomic E-state index is 11.4. The van der Waals surface area contributed by atoms with Crippen LogP contribution in [-0.4, -0.2) is 12.3 Å². The minimum absolute atomic E-state index is 0.353. The molecule has 0 aromatic heterocycles. The van der Waals surface area contributed by atoms with Gasteiger partial charge in [0.15, 0.2) is 0 Å². The van der Waals surface area contributed by atoms with E-state index in [2.05, 4.69) is 6.58 Å². The predicted octanol–water partition coefficient (Wildman–Crippen LogP) is 3.13. The summed E-state index contributed by atoms with van der Waals surface area (Å²) in [7, 11) is 0. The lowest BCUT2D eigenvalue weighted by atomic mass is 10.1. The molecule has 0 bridgehead atoms. The number of fused-ring (bicyclic) bond motifs is 1. The number of esters is 1. The maximum absolute atomic E-state index is 11.4. The lowest BCUT2D eigenvalue weighted by molar-refractivity contribution is -0.130. The summed E-state index contributed by atoms with van der Waals surface area (Å²) in [6.07, 6.45) is 0.800. The third-order valence-corrected chi connectivity index (χ3v) is 2.53. The SMILES string of the molecule is C=C(C)C(=O)Oc1ccc2cc(C=O)ccc2c1. The van der Waals surface area contributed by atoms with Crippen LogP contribution in [0.25, 0.3) is 10.8 Å². The van der Waals surface area contributed by atoms with Gasteiger partial charge in [-0.3, -0.25) is 4.79 Å². The Morgan fingerprint density at radius 2 is 1.83 bits per heavy atom. The van der Waals surface area contributed by atoms with Gasteiger partial charge >= 0.3 is 5.97 Å². The van der Waals surface area contributed by atoms with Crippen molar-refractivity contribution in [3.63, 3.8) is 0 Å². The Morgan fingerprint density at radius 3 is 2.50 bits per heavy atom. The fraction of sp³-hybridized carbons (Fsp3) is 0.0667. The molecule has 18 heavy (non-hydrogen) atoms. The second-order valence-electron chi connectivity index (χ2n) is 4.06. The highest BCUT2D eigenvalue weighted by atomic mass is 16.5. The molecule has 0 N–H and O–H groups in total. The van der Waals surface area contributed by atoms with Crippen molar-refractivity contribution in [3.05, 3.63) is 54.1 Å². The fourth-order valence-corrected chi connectivity index (χ4v) is 1.57. The quantitative estimate of drug-likeness (QED) is 0.358. The first-order valence-electron chi connectivity index (χ1n) is 5.47. The molecular formula is C15H12O3. The molecule has 2 rings (SSSR count). The first kappa shape index (κ1) is 12.0. The van der Waals surface area contributed by atoms with E-state index >= 15 is 0 Å². The molecule has 0 saturated heterocycles. The van der Waals surface area contributed by atoms with Crippen molar-refractivity contribution in [2.45, 2.75) is 6.92 Å². The van der Waals surface area contributed by atoms with E-state index in [4.69, 9.17) is 4.74 Å².